The zero-order valence-electron chi connectivity index (χ0n) is 19.0. The Kier molecular flexibility index (Phi) is 6.55. The highest BCUT2D eigenvalue weighted by atomic mass is 19.1. The van der Waals surface area contributed by atoms with Crippen LogP contribution in [0.25, 0.3) is 11.5 Å². The zero-order valence-corrected chi connectivity index (χ0v) is 19.0. The van der Waals surface area contributed by atoms with E-state index in [0.717, 1.165) is 0 Å². The number of hydrogen-bond acceptors (Lipinski definition) is 7. The lowest BCUT2D eigenvalue weighted by Gasteiger charge is -2.17. The van der Waals surface area contributed by atoms with Crippen LogP contribution in [0.3, 0.4) is 0 Å². The van der Waals surface area contributed by atoms with Gasteiger partial charge in [0, 0.05) is 13.1 Å². The van der Waals surface area contributed by atoms with E-state index in [1.54, 1.807) is 43.5 Å². The number of pyridine rings is 1. The van der Waals surface area contributed by atoms with Gasteiger partial charge >= 0.3 is 6.09 Å². The first-order valence-electron chi connectivity index (χ1n) is 10.8. The molecule has 3 aromatic rings. The highest BCUT2D eigenvalue weighted by molar-refractivity contribution is 6.04. The number of carbonyl (C=O) groups is 2. The molecule has 0 aliphatic carbocycles. The molecular weight excluding hydrogens is 443 g/mol. The molecule has 11 heteroatoms. The summed E-state index contributed by atoms with van der Waals surface area (Å²) in [5.74, 6) is -0.730. The predicted octanol–water partition coefficient (Wildman–Crippen LogP) is 3.15. The lowest BCUT2D eigenvalue weighted by Crippen LogP contribution is -2.28. The third kappa shape index (κ3) is 4.74. The van der Waals surface area contributed by atoms with Crippen LogP contribution in [0.1, 0.15) is 48.3 Å². The quantitative estimate of drug-likeness (QED) is 0.570. The second kappa shape index (κ2) is 9.56. The van der Waals surface area contributed by atoms with Crippen molar-refractivity contribution in [2.45, 2.75) is 46.0 Å². The van der Waals surface area contributed by atoms with Crippen LogP contribution in [-0.2, 0) is 17.8 Å². The number of aromatic nitrogens is 4. The number of fused-ring (bicyclic) bond motifs is 1. The molecule has 0 saturated carbocycles. The number of carbonyl (C=O) groups excluding carboxylic acids is 2. The molecule has 0 unspecified atom stereocenters. The standard InChI is InChI=1S/C23H25FN6O4/c1-13(2)34-23(33)29-9-15-7-17(18(24)8-16(15)10-29)22(32)27-20-6-4-5-19(26-20)21-28-25-12-30(21)14(3)11-31/h4-8,12-14,31H,9-11H2,1-3H3,(H,26,27,32)/t14-/m1/s1. The van der Waals surface area contributed by atoms with E-state index in [2.05, 4.69) is 20.5 Å². The largest absolute Gasteiger partial charge is 0.447 e. The first-order valence-corrected chi connectivity index (χ1v) is 10.8. The van der Waals surface area contributed by atoms with Gasteiger partial charge in [0.2, 0.25) is 0 Å². The van der Waals surface area contributed by atoms with Crippen molar-refractivity contribution in [2.75, 3.05) is 11.9 Å². The average Bonchev–Trinajstić information content (AvgIpc) is 3.44. The molecule has 3 heterocycles. The molecular formula is C23H25FN6O4. The van der Waals surface area contributed by atoms with Gasteiger partial charge in [0.25, 0.3) is 5.91 Å². The summed E-state index contributed by atoms with van der Waals surface area (Å²) in [5.41, 5.74) is 1.60. The van der Waals surface area contributed by atoms with E-state index in [1.807, 2.05) is 0 Å². The van der Waals surface area contributed by atoms with Crippen LogP contribution in [0.2, 0.25) is 0 Å². The smallest absolute Gasteiger partial charge is 0.410 e. The van der Waals surface area contributed by atoms with Gasteiger partial charge in [-0.05, 0) is 56.2 Å². The Hall–Kier alpha value is -3.86. The molecule has 0 saturated heterocycles. The van der Waals surface area contributed by atoms with E-state index in [1.165, 1.54) is 23.4 Å². The highest BCUT2D eigenvalue weighted by Gasteiger charge is 2.28. The van der Waals surface area contributed by atoms with Gasteiger partial charge in [-0.25, -0.2) is 14.2 Å². The van der Waals surface area contributed by atoms with Crippen molar-refractivity contribution in [1.29, 1.82) is 0 Å². The van der Waals surface area contributed by atoms with Gasteiger partial charge in [-0.15, -0.1) is 10.2 Å². The molecule has 2 amide bonds. The van der Waals surface area contributed by atoms with E-state index in [4.69, 9.17) is 4.74 Å². The number of aliphatic hydroxyl groups excluding tert-OH is 1. The molecule has 0 bridgehead atoms. The summed E-state index contributed by atoms with van der Waals surface area (Å²) in [6, 6.07) is 7.41. The van der Waals surface area contributed by atoms with Gasteiger partial charge in [-0.1, -0.05) is 6.07 Å². The van der Waals surface area contributed by atoms with Crippen LogP contribution >= 0.6 is 0 Å². The number of nitrogens with zero attached hydrogens (tertiary/aromatic N) is 5. The summed E-state index contributed by atoms with van der Waals surface area (Å²) in [5, 5.41) is 20.0. The molecule has 10 nitrogen and oxygen atoms in total. The van der Waals surface area contributed by atoms with Crippen molar-refractivity contribution in [2.24, 2.45) is 0 Å². The Morgan fingerprint density at radius 2 is 1.94 bits per heavy atom. The molecule has 34 heavy (non-hydrogen) atoms. The number of rotatable bonds is 6. The van der Waals surface area contributed by atoms with E-state index in [0.29, 0.717) is 22.6 Å². The van der Waals surface area contributed by atoms with Gasteiger partial charge in [0.1, 0.15) is 23.7 Å². The fourth-order valence-corrected chi connectivity index (χ4v) is 3.65. The Morgan fingerprint density at radius 3 is 2.65 bits per heavy atom. The van der Waals surface area contributed by atoms with E-state index < -0.39 is 17.8 Å². The van der Waals surface area contributed by atoms with Crippen molar-refractivity contribution in [3.8, 4) is 11.5 Å². The van der Waals surface area contributed by atoms with Gasteiger partial charge in [-0.3, -0.25) is 9.69 Å². The number of amides is 2. The number of nitrogens with one attached hydrogen (secondary N) is 1. The normalized spacial score (nSPS) is 13.6. The first-order chi connectivity index (χ1) is 16.3. The zero-order chi connectivity index (χ0) is 24.4. The Bertz CT molecular complexity index is 1230. The lowest BCUT2D eigenvalue weighted by molar-refractivity contribution is 0.0760. The van der Waals surface area contributed by atoms with Crippen LogP contribution in [0.5, 0.6) is 0 Å². The lowest BCUT2D eigenvalue weighted by atomic mass is 10.1. The third-order valence-corrected chi connectivity index (χ3v) is 5.38. The Morgan fingerprint density at radius 1 is 1.21 bits per heavy atom. The van der Waals surface area contributed by atoms with Crippen molar-refractivity contribution < 1.29 is 23.8 Å². The summed E-state index contributed by atoms with van der Waals surface area (Å²) in [6.07, 6.45) is 0.740. The van der Waals surface area contributed by atoms with Crippen LogP contribution in [-0.4, -0.2) is 54.5 Å². The average molecular weight is 468 g/mol. The van der Waals surface area contributed by atoms with Crippen molar-refractivity contribution in [3.63, 3.8) is 0 Å². The van der Waals surface area contributed by atoms with Crippen LogP contribution < -0.4 is 5.32 Å². The number of halogens is 1. The summed E-state index contributed by atoms with van der Waals surface area (Å²) in [7, 11) is 0. The van der Waals surface area contributed by atoms with Gasteiger partial charge in [-0.2, -0.15) is 0 Å². The summed E-state index contributed by atoms with van der Waals surface area (Å²) in [4.78, 5) is 30.9. The maximum absolute atomic E-state index is 14.8. The number of ether oxygens (including phenoxy) is 1. The molecule has 178 valence electrons. The second-order valence-corrected chi connectivity index (χ2v) is 8.34. The summed E-state index contributed by atoms with van der Waals surface area (Å²) < 4.78 is 21.6. The number of aliphatic hydroxyl groups is 1. The van der Waals surface area contributed by atoms with Crippen molar-refractivity contribution >= 4 is 17.8 Å². The first kappa shape index (κ1) is 23.3. The van der Waals surface area contributed by atoms with Crippen molar-refractivity contribution in [3.05, 3.63) is 59.2 Å². The monoisotopic (exact) mass is 468 g/mol. The molecule has 1 aliphatic heterocycles. The maximum atomic E-state index is 14.8. The number of hydrogen-bond donors (Lipinski definition) is 2. The minimum absolute atomic E-state index is 0.105. The van der Waals surface area contributed by atoms with E-state index in [-0.39, 0.29) is 43.2 Å². The minimum Gasteiger partial charge on any atom is -0.447 e. The fourth-order valence-electron chi connectivity index (χ4n) is 3.65. The van der Waals surface area contributed by atoms with Gasteiger partial charge < -0.3 is 19.7 Å². The van der Waals surface area contributed by atoms with Crippen LogP contribution in [0.15, 0.2) is 36.7 Å². The fraction of sp³-hybridized carbons (Fsp3) is 0.348. The number of anilines is 1. The minimum atomic E-state index is -0.692. The molecule has 1 atom stereocenters. The molecule has 0 radical (unpaired) electrons. The third-order valence-electron chi connectivity index (χ3n) is 5.38. The summed E-state index contributed by atoms with van der Waals surface area (Å²) in [6.45, 7) is 5.65. The molecule has 0 spiro atoms. The molecule has 2 aromatic heterocycles. The highest BCUT2D eigenvalue weighted by Crippen LogP contribution is 2.27. The van der Waals surface area contributed by atoms with Crippen molar-refractivity contribution in [1.82, 2.24) is 24.6 Å². The molecule has 4 rings (SSSR count). The maximum Gasteiger partial charge on any atom is 0.410 e. The summed E-state index contributed by atoms with van der Waals surface area (Å²) >= 11 is 0. The number of benzene rings is 1. The molecule has 2 N–H and O–H groups in total. The Balaban J connectivity index is 1.52. The van der Waals surface area contributed by atoms with Crippen LogP contribution in [0, 0.1) is 5.82 Å². The molecule has 1 aromatic carbocycles. The topological polar surface area (TPSA) is 122 Å². The van der Waals surface area contributed by atoms with E-state index in [9.17, 15) is 19.1 Å². The van der Waals surface area contributed by atoms with Gasteiger partial charge in [0.05, 0.1) is 24.3 Å². The predicted molar refractivity (Wildman–Crippen MR) is 120 cm³/mol. The van der Waals surface area contributed by atoms with Gasteiger partial charge in [0.15, 0.2) is 5.82 Å². The SMILES string of the molecule is CC(C)OC(=O)N1Cc2cc(F)c(C(=O)Nc3cccc(-c4nncn4[C@H](C)CO)n3)cc2C1. The molecule has 0 fully saturated rings. The molecule has 1 aliphatic rings. The second-order valence-electron chi connectivity index (χ2n) is 8.34. The van der Waals surface area contributed by atoms with Crippen LogP contribution in [0.4, 0.5) is 15.0 Å². The van der Waals surface area contributed by atoms with E-state index >= 15 is 0 Å². The Labute approximate surface area is 195 Å².